The summed E-state index contributed by atoms with van der Waals surface area (Å²) in [5.74, 6) is 0.399. The van der Waals surface area contributed by atoms with Crippen LogP contribution in [0.5, 0.6) is 5.75 Å². The predicted molar refractivity (Wildman–Crippen MR) is 109 cm³/mol. The molecule has 2 aromatic rings. The molecule has 0 unspecified atom stereocenters. The minimum atomic E-state index is -3.50. The van der Waals surface area contributed by atoms with Gasteiger partial charge in [0.25, 0.3) is 5.91 Å². The number of fused-ring (bicyclic) bond motifs is 1. The SMILES string of the molecule is CCN(CC)S(=O)(=O)c1ccc(NC(=O)COc2ccc3c(c2)CCC3)cc1. The second kappa shape index (κ2) is 8.75. The van der Waals surface area contributed by atoms with Crippen LogP contribution in [0.3, 0.4) is 0 Å². The van der Waals surface area contributed by atoms with E-state index in [2.05, 4.69) is 11.4 Å². The molecule has 28 heavy (non-hydrogen) atoms. The molecule has 0 radical (unpaired) electrons. The van der Waals surface area contributed by atoms with Gasteiger partial charge in [-0.15, -0.1) is 0 Å². The van der Waals surface area contributed by atoms with E-state index in [0.717, 1.165) is 12.8 Å². The van der Waals surface area contributed by atoms with Crippen LogP contribution in [0.1, 0.15) is 31.4 Å². The van der Waals surface area contributed by atoms with Crippen molar-refractivity contribution < 1.29 is 17.9 Å². The molecule has 0 fully saturated rings. The summed E-state index contributed by atoms with van der Waals surface area (Å²) in [5, 5.41) is 2.73. The molecule has 3 rings (SSSR count). The van der Waals surface area contributed by atoms with Crippen molar-refractivity contribution in [3.8, 4) is 5.75 Å². The highest BCUT2D eigenvalue weighted by Gasteiger charge is 2.21. The molecule has 0 atom stereocenters. The normalized spacial score (nSPS) is 13.4. The first-order valence-electron chi connectivity index (χ1n) is 9.58. The number of nitrogens with one attached hydrogen (secondary N) is 1. The van der Waals surface area contributed by atoms with Gasteiger partial charge in [0.1, 0.15) is 5.75 Å². The van der Waals surface area contributed by atoms with Crippen molar-refractivity contribution in [3.63, 3.8) is 0 Å². The maximum absolute atomic E-state index is 12.5. The Hall–Kier alpha value is -2.38. The third-order valence-electron chi connectivity index (χ3n) is 4.92. The summed E-state index contributed by atoms with van der Waals surface area (Å²) in [6.45, 7) is 4.33. The Morgan fingerprint density at radius 2 is 1.71 bits per heavy atom. The fraction of sp³-hybridized carbons (Fsp3) is 0.381. The maximum Gasteiger partial charge on any atom is 0.262 e. The van der Waals surface area contributed by atoms with Crippen molar-refractivity contribution >= 4 is 21.6 Å². The number of rotatable bonds is 8. The highest BCUT2D eigenvalue weighted by molar-refractivity contribution is 7.89. The zero-order valence-corrected chi connectivity index (χ0v) is 17.1. The molecule has 1 N–H and O–H groups in total. The van der Waals surface area contributed by atoms with Crippen molar-refractivity contribution in [1.29, 1.82) is 0 Å². The second-order valence-corrected chi connectivity index (χ2v) is 8.67. The standard InChI is InChI=1S/C21H26N2O4S/c1-3-23(4-2)28(25,26)20-12-9-18(10-13-20)22-21(24)15-27-19-11-8-16-6-5-7-17(16)14-19/h8-14H,3-7,15H2,1-2H3,(H,22,24). The molecule has 0 saturated carbocycles. The van der Waals surface area contributed by atoms with E-state index in [1.165, 1.54) is 34.0 Å². The molecule has 7 heteroatoms. The Kier molecular flexibility index (Phi) is 6.36. The van der Waals surface area contributed by atoms with E-state index in [0.29, 0.717) is 24.5 Å². The summed E-state index contributed by atoms with van der Waals surface area (Å²) in [7, 11) is -3.50. The molecule has 2 aromatic carbocycles. The molecular weight excluding hydrogens is 376 g/mol. The summed E-state index contributed by atoms with van der Waals surface area (Å²) < 4.78 is 32.0. The number of ether oxygens (including phenoxy) is 1. The lowest BCUT2D eigenvalue weighted by molar-refractivity contribution is -0.118. The number of amides is 1. The molecule has 1 aliphatic rings. The van der Waals surface area contributed by atoms with Crippen molar-refractivity contribution in [2.24, 2.45) is 0 Å². The lowest BCUT2D eigenvalue weighted by atomic mass is 10.1. The molecular formula is C21H26N2O4S. The van der Waals surface area contributed by atoms with Crippen LogP contribution in [0.25, 0.3) is 0 Å². The third kappa shape index (κ3) is 4.54. The molecule has 0 aliphatic heterocycles. The van der Waals surface area contributed by atoms with Gasteiger partial charge >= 0.3 is 0 Å². The first kappa shape index (κ1) is 20.4. The Morgan fingerprint density at radius 1 is 1.04 bits per heavy atom. The molecule has 0 bridgehead atoms. The minimum absolute atomic E-state index is 0.0989. The fourth-order valence-corrected chi connectivity index (χ4v) is 4.86. The molecule has 1 amide bonds. The van der Waals surface area contributed by atoms with Crippen LogP contribution in [0, 0.1) is 0 Å². The highest BCUT2D eigenvalue weighted by Crippen LogP contribution is 2.26. The fourth-order valence-electron chi connectivity index (χ4n) is 3.41. The highest BCUT2D eigenvalue weighted by atomic mass is 32.2. The van der Waals surface area contributed by atoms with Crippen LogP contribution in [-0.4, -0.2) is 38.3 Å². The van der Waals surface area contributed by atoms with Gasteiger partial charge in [0.2, 0.25) is 10.0 Å². The van der Waals surface area contributed by atoms with Gasteiger partial charge in [-0.3, -0.25) is 4.79 Å². The Labute approximate surface area is 166 Å². The second-order valence-electron chi connectivity index (χ2n) is 6.73. The first-order valence-corrected chi connectivity index (χ1v) is 11.0. The molecule has 150 valence electrons. The Balaban J connectivity index is 1.57. The summed E-state index contributed by atoms with van der Waals surface area (Å²) in [6.07, 6.45) is 3.33. The average Bonchev–Trinajstić information content (AvgIpc) is 3.15. The summed E-state index contributed by atoms with van der Waals surface area (Å²) in [5.41, 5.74) is 3.18. The van der Waals surface area contributed by atoms with E-state index >= 15 is 0 Å². The van der Waals surface area contributed by atoms with Gasteiger partial charge in [-0.2, -0.15) is 4.31 Å². The van der Waals surface area contributed by atoms with Crippen LogP contribution in [0.15, 0.2) is 47.4 Å². The molecule has 0 saturated heterocycles. The number of hydrogen-bond acceptors (Lipinski definition) is 4. The zero-order chi connectivity index (χ0) is 20.1. The molecule has 1 aliphatic carbocycles. The van der Waals surface area contributed by atoms with Gasteiger partial charge in [-0.25, -0.2) is 8.42 Å². The smallest absolute Gasteiger partial charge is 0.262 e. The van der Waals surface area contributed by atoms with Crippen LogP contribution < -0.4 is 10.1 Å². The van der Waals surface area contributed by atoms with Crippen LogP contribution in [0.4, 0.5) is 5.69 Å². The lowest BCUT2D eigenvalue weighted by Crippen LogP contribution is -2.30. The first-order chi connectivity index (χ1) is 13.4. The molecule has 0 heterocycles. The van der Waals surface area contributed by atoms with Crippen LogP contribution in [0.2, 0.25) is 0 Å². The number of aryl methyl sites for hydroxylation is 2. The topological polar surface area (TPSA) is 75.7 Å². The van der Waals surface area contributed by atoms with Gasteiger partial charge in [0, 0.05) is 18.8 Å². The van der Waals surface area contributed by atoms with Crippen LogP contribution in [-0.2, 0) is 27.7 Å². The predicted octanol–water partition coefficient (Wildman–Crippen LogP) is 3.22. The summed E-state index contributed by atoms with van der Waals surface area (Å²) in [6, 6.07) is 12.1. The number of carbonyl (C=O) groups is 1. The van der Waals surface area contributed by atoms with E-state index in [-0.39, 0.29) is 17.4 Å². The van der Waals surface area contributed by atoms with Crippen molar-refractivity contribution in [2.75, 3.05) is 25.0 Å². The van der Waals surface area contributed by atoms with Gasteiger partial charge < -0.3 is 10.1 Å². The maximum atomic E-state index is 12.5. The van der Waals surface area contributed by atoms with Crippen LogP contribution >= 0.6 is 0 Å². The minimum Gasteiger partial charge on any atom is -0.484 e. The van der Waals surface area contributed by atoms with Gasteiger partial charge in [0.15, 0.2) is 6.61 Å². The number of hydrogen-bond donors (Lipinski definition) is 1. The number of nitrogens with zero attached hydrogens (tertiary/aromatic N) is 1. The van der Waals surface area contributed by atoms with Gasteiger partial charge in [0.05, 0.1) is 4.90 Å². The lowest BCUT2D eigenvalue weighted by Gasteiger charge is -2.18. The number of sulfonamides is 1. The molecule has 0 aromatic heterocycles. The van der Waals surface area contributed by atoms with Crippen molar-refractivity contribution in [1.82, 2.24) is 4.31 Å². The van der Waals surface area contributed by atoms with E-state index < -0.39 is 10.0 Å². The molecule has 0 spiro atoms. The average molecular weight is 403 g/mol. The Morgan fingerprint density at radius 3 is 2.39 bits per heavy atom. The van der Waals surface area contributed by atoms with E-state index in [4.69, 9.17) is 4.74 Å². The van der Waals surface area contributed by atoms with E-state index in [9.17, 15) is 13.2 Å². The van der Waals surface area contributed by atoms with Crippen molar-refractivity contribution in [3.05, 3.63) is 53.6 Å². The number of carbonyl (C=O) groups excluding carboxylic acids is 1. The summed E-state index contributed by atoms with van der Waals surface area (Å²) in [4.78, 5) is 12.4. The van der Waals surface area contributed by atoms with Crippen molar-refractivity contribution in [2.45, 2.75) is 38.0 Å². The quantitative estimate of drug-likeness (QED) is 0.736. The van der Waals surface area contributed by atoms with E-state index in [1.807, 2.05) is 12.1 Å². The number of anilines is 1. The zero-order valence-electron chi connectivity index (χ0n) is 16.3. The molecule has 6 nitrogen and oxygen atoms in total. The van der Waals surface area contributed by atoms with Gasteiger partial charge in [-0.1, -0.05) is 19.9 Å². The van der Waals surface area contributed by atoms with Gasteiger partial charge in [-0.05, 0) is 66.8 Å². The Bertz CT molecular complexity index is 935. The summed E-state index contributed by atoms with van der Waals surface area (Å²) >= 11 is 0. The number of benzene rings is 2. The van der Waals surface area contributed by atoms with E-state index in [1.54, 1.807) is 26.0 Å². The largest absolute Gasteiger partial charge is 0.484 e. The third-order valence-corrected chi connectivity index (χ3v) is 6.99. The monoisotopic (exact) mass is 402 g/mol.